The zero-order valence-electron chi connectivity index (χ0n) is 29.2. The Bertz CT molecular complexity index is 2200. The topological polar surface area (TPSA) is 88.2 Å². The number of aliphatic imine (C=N–C) groups is 1. The van der Waals surface area contributed by atoms with Crippen LogP contribution < -0.4 is 11.5 Å². The van der Waals surface area contributed by atoms with Gasteiger partial charge < -0.3 is 11.5 Å². The Morgan fingerprint density at radius 1 is 0.680 bits per heavy atom. The summed E-state index contributed by atoms with van der Waals surface area (Å²) in [5.41, 5.74) is 23.8. The molecule has 0 aliphatic heterocycles. The highest BCUT2D eigenvalue weighted by Crippen LogP contribution is 2.32. The number of hydrogen-bond acceptors (Lipinski definition) is 2. The zero-order chi connectivity index (χ0) is 35.5. The van der Waals surface area contributed by atoms with Crippen molar-refractivity contribution in [1.82, 2.24) is 0 Å². The number of benzene rings is 6. The van der Waals surface area contributed by atoms with Gasteiger partial charge >= 0.3 is 0 Å². The monoisotopic (exact) mass is 652 g/mol. The number of rotatable bonds is 7. The van der Waals surface area contributed by atoms with E-state index < -0.39 is 0 Å². The Morgan fingerprint density at radius 3 is 1.96 bits per heavy atom. The van der Waals surface area contributed by atoms with Gasteiger partial charge in [0.25, 0.3) is 0 Å². The first-order chi connectivity index (χ1) is 24.3. The van der Waals surface area contributed by atoms with Crippen LogP contribution in [0.4, 0.5) is 5.69 Å². The third-order valence-electron chi connectivity index (χ3n) is 8.52. The van der Waals surface area contributed by atoms with Gasteiger partial charge in [-0.15, -0.1) is 0 Å². The fourth-order valence-corrected chi connectivity index (χ4v) is 5.70. The molecule has 0 aromatic heterocycles. The van der Waals surface area contributed by atoms with Gasteiger partial charge in [0.15, 0.2) is 5.84 Å². The number of hydrogen-bond donors (Lipinski definition) is 3. The molecule has 6 aromatic rings. The molecule has 0 amide bonds. The summed E-state index contributed by atoms with van der Waals surface area (Å²) in [5.74, 6) is 0.447. The summed E-state index contributed by atoms with van der Waals surface area (Å²) in [7, 11) is 0. The number of anilines is 1. The van der Waals surface area contributed by atoms with E-state index in [0.29, 0.717) is 11.4 Å². The van der Waals surface area contributed by atoms with Crippen molar-refractivity contribution < 1.29 is 0 Å². The van der Waals surface area contributed by atoms with E-state index in [4.69, 9.17) is 16.9 Å². The second-order valence-corrected chi connectivity index (χ2v) is 12.1. The lowest BCUT2D eigenvalue weighted by Gasteiger charge is -2.10. The van der Waals surface area contributed by atoms with Crippen molar-refractivity contribution >= 4 is 39.8 Å². The number of allylic oxidation sites excluding steroid dienone is 3. The first-order valence-electron chi connectivity index (χ1n) is 16.8. The van der Waals surface area contributed by atoms with Crippen molar-refractivity contribution in [1.29, 1.82) is 5.41 Å². The normalized spacial score (nSPS) is 12.1. The molecule has 5 N–H and O–H groups in total. The van der Waals surface area contributed by atoms with Crippen molar-refractivity contribution in [2.75, 3.05) is 5.73 Å². The minimum Gasteiger partial charge on any atom is -0.398 e. The van der Waals surface area contributed by atoms with Gasteiger partial charge in [0.05, 0.1) is 0 Å². The van der Waals surface area contributed by atoms with E-state index in [1.807, 2.05) is 80.6 Å². The summed E-state index contributed by atoms with van der Waals surface area (Å²) >= 11 is 0. The van der Waals surface area contributed by atoms with E-state index in [1.54, 1.807) is 0 Å². The van der Waals surface area contributed by atoms with Crippen LogP contribution in [0.1, 0.15) is 43.0 Å². The SMILES string of the molecule is C/C=C\C(=C/C)C(N)=NC(=N)c1ccc(/C(C)=C/c2cc(-c3ccc(-c4cccc5ccccc45)cc3)ccc2N)cc1.Cc1ccccc1. The fraction of sp³-hybridized carbons (Fsp3) is 0.0870. The maximum atomic E-state index is 8.40. The van der Waals surface area contributed by atoms with Crippen molar-refractivity contribution in [3.05, 3.63) is 186 Å². The van der Waals surface area contributed by atoms with Gasteiger partial charge in [-0.2, -0.15) is 0 Å². The number of aryl methyl sites for hydroxylation is 1. The molecule has 6 rings (SSSR count). The Labute approximate surface area is 296 Å². The van der Waals surface area contributed by atoms with Crippen LogP contribution in [-0.4, -0.2) is 11.7 Å². The average Bonchev–Trinajstić information content (AvgIpc) is 3.15. The van der Waals surface area contributed by atoms with Gasteiger partial charge in [0, 0.05) is 16.8 Å². The second-order valence-electron chi connectivity index (χ2n) is 12.1. The van der Waals surface area contributed by atoms with E-state index in [1.165, 1.54) is 27.5 Å². The summed E-state index contributed by atoms with van der Waals surface area (Å²) in [6.07, 6.45) is 7.77. The fourth-order valence-electron chi connectivity index (χ4n) is 5.70. The molecule has 50 heavy (non-hydrogen) atoms. The number of nitrogen functional groups attached to an aromatic ring is 1. The molecule has 0 unspecified atom stereocenters. The van der Waals surface area contributed by atoms with Crippen molar-refractivity contribution in [2.24, 2.45) is 10.7 Å². The molecule has 4 heteroatoms. The number of amidine groups is 2. The molecule has 0 atom stereocenters. The largest absolute Gasteiger partial charge is 0.398 e. The lowest BCUT2D eigenvalue weighted by atomic mass is 9.95. The Morgan fingerprint density at radius 2 is 1.30 bits per heavy atom. The van der Waals surface area contributed by atoms with E-state index in [2.05, 4.69) is 116 Å². The quantitative estimate of drug-likeness (QED) is 0.0527. The number of nitrogens with zero attached hydrogens (tertiary/aromatic N) is 1. The van der Waals surface area contributed by atoms with Gasteiger partial charge in [0.1, 0.15) is 5.84 Å². The molecule has 0 heterocycles. The molecule has 0 bridgehead atoms. The third kappa shape index (κ3) is 8.80. The highest BCUT2D eigenvalue weighted by Gasteiger charge is 2.08. The summed E-state index contributed by atoms with van der Waals surface area (Å²) in [6.45, 7) is 7.97. The third-order valence-corrected chi connectivity index (χ3v) is 8.52. The molecule has 4 nitrogen and oxygen atoms in total. The van der Waals surface area contributed by atoms with Crippen LogP contribution in [-0.2, 0) is 0 Å². The van der Waals surface area contributed by atoms with Crippen LogP contribution in [0.3, 0.4) is 0 Å². The first-order valence-corrected chi connectivity index (χ1v) is 16.8. The van der Waals surface area contributed by atoms with Crippen LogP contribution in [0.5, 0.6) is 0 Å². The Kier molecular flexibility index (Phi) is 11.7. The molecule has 0 saturated heterocycles. The molecule has 0 fully saturated rings. The molecule has 248 valence electrons. The Balaban J connectivity index is 0.000000619. The van der Waals surface area contributed by atoms with Gasteiger partial charge in [-0.05, 0) is 95.6 Å². The minimum atomic E-state index is 0.123. The predicted octanol–water partition coefficient (Wildman–Crippen LogP) is 11.5. The van der Waals surface area contributed by atoms with Gasteiger partial charge in [-0.1, -0.05) is 151 Å². The van der Waals surface area contributed by atoms with Crippen LogP contribution in [0.2, 0.25) is 0 Å². The molecule has 0 radical (unpaired) electrons. The van der Waals surface area contributed by atoms with Gasteiger partial charge in [-0.3, -0.25) is 5.41 Å². The minimum absolute atomic E-state index is 0.123. The van der Waals surface area contributed by atoms with Crippen molar-refractivity contribution in [3.63, 3.8) is 0 Å². The predicted molar refractivity (Wildman–Crippen MR) is 217 cm³/mol. The van der Waals surface area contributed by atoms with Crippen LogP contribution in [0, 0.1) is 12.3 Å². The highest BCUT2D eigenvalue weighted by molar-refractivity contribution is 6.10. The van der Waals surface area contributed by atoms with Crippen molar-refractivity contribution in [2.45, 2.75) is 27.7 Å². The molecular weight excluding hydrogens is 609 g/mol. The number of nitrogens with two attached hydrogens (primary N) is 2. The molecule has 0 aliphatic rings. The number of nitrogens with one attached hydrogen (secondary N) is 1. The lowest BCUT2D eigenvalue weighted by molar-refractivity contribution is 1.39. The molecular formula is C46H44N4. The zero-order valence-corrected chi connectivity index (χ0v) is 29.2. The van der Waals surface area contributed by atoms with Crippen molar-refractivity contribution in [3.8, 4) is 22.3 Å². The van der Waals surface area contributed by atoms with E-state index in [9.17, 15) is 0 Å². The van der Waals surface area contributed by atoms with E-state index in [0.717, 1.165) is 39.1 Å². The molecule has 0 spiro atoms. The highest BCUT2D eigenvalue weighted by atomic mass is 14.9. The summed E-state index contributed by atoms with van der Waals surface area (Å²) in [4.78, 5) is 4.29. The van der Waals surface area contributed by atoms with Gasteiger partial charge in [-0.25, -0.2) is 4.99 Å². The summed E-state index contributed by atoms with van der Waals surface area (Å²) < 4.78 is 0. The number of fused-ring (bicyclic) bond motifs is 1. The molecule has 0 saturated carbocycles. The van der Waals surface area contributed by atoms with Gasteiger partial charge in [0.2, 0.25) is 0 Å². The standard InChI is InChI=1S/C39H36N4.C7H8/c1-4-9-27(5-2)38(41)43-39(42)32-20-14-28(15-21-32)26(3)24-34-25-33(22-23-37(34)40)29-16-18-31(19-17-29)36-13-8-11-30-10-6-7-12-35(30)36;1-7-5-3-2-4-6-7/h4-25H,40H2,1-3H3,(H3,41,42,43);2-6H,1H3/b9-4-,26-24+,27-5+;. The average molecular weight is 653 g/mol. The summed E-state index contributed by atoms with van der Waals surface area (Å²) in [5, 5.41) is 10.9. The second kappa shape index (κ2) is 16.7. The lowest BCUT2D eigenvalue weighted by Crippen LogP contribution is -2.16. The Hall–Kier alpha value is -6.26. The van der Waals surface area contributed by atoms with Crippen LogP contribution in [0.15, 0.2) is 168 Å². The smallest absolute Gasteiger partial charge is 0.154 e. The maximum absolute atomic E-state index is 8.40. The maximum Gasteiger partial charge on any atom is 0.154 e. The molecule has 0 aliphatic carbocycles. The molecule has 6 aromatic carbocycles. The summed E-state index contributed by atoms with van der Waals surface area (Å²) in [6, 6.07) is 47.8. The van der Waals surface area contributed by atoms with Crippen LogP contribution >= 0.6 is 0 Å². The van der Waals surface area contributed by atoms with Crippen LogP contribution in [0.25, 0.3) is 44.7 Å². The van der Waals surface area contributed by atoms with E-state index in [-0.39, 0.29) is 5.84 Å². The first kappa shape index (κ1) is 35.1. The van der Waals surface area contributed by atoms with E-state index >= 15 is 0 Å².